The number of aromatic nitrogens is 2. The topological polar surface area (TPSA) is 61.0 Å². The van der Waals surface area contributed by atoms with Gasteiger partial charge in [0.15, 0.2) is 0 Å². The second-order valence-corrected chi connectivity index (χ2v) is 4.01. The largest absolute Gasteiger partial charge is 0.436 e. The third-order valence-corrected chi connectivity index (χ3v) is 2.59. The number of nitrogens with zero attached hydrogens (tertiary/aromatic N) is 2. The molecule has 5 heteroatoms. The minimum absolute atomic E-state index is 0.342. The van der Waals surface area contributed by atoms with Gasteiger partial charge in [-0.25, -0.2) is 0 Å². The van der Waals surface area contributed by atoms with Crippen LogP contribution >= 0.6 is 11.6 Å². The first-order valence-electron chi connectivity index (χ1n) is 5.15. The van der Waals surface area contributed by atoms with Gasteiger partial charge in [0.05, 0.1) is 11.2 Å². The molecule has 0 saturated heterocycles. The van der Waals surface area contributed by atoms with E-state index in [4.69, 9.17) is 22.1 Å². The quantitative estimate of drug-likeness (QED) is 0.909. The highest BCUT2D eigenvalue weighted by Gasteiger charge is 2.08. The fourth-order valence-corrected chi connectivity index (χ4v) is 1.53. The number of nitrogens with two attached hydrogens (primary N) is 1. The average molecular weight is 250 g/mol. The van der Waals surface area contributed by atoms with E-state index < -0.39 is 0 Å². The molecule has 4 nitrogen and oxygen atoms in total. The summed E-state index contributed by atoms with van der Waals surface area (Å²) in [6.07, 6.45) is 1.58. The molecule has 1 aromatic carbocycles. The zero-order valence-electron chi connectivity index (χ0n) is 9.35. The normalized spacial score (nSPS) is 10.3. The third kappa shape index (κ3) is 2.72. The summed E-state index contributed by atoms with van der Waals surface area (Å²) in [5.41, 5.74) is 7.44. The Bertz CT molecular complexity index is 531. The van der Waals surface area contributed by atoms with Crippen LogP contribution in [-0.2, 0) is 6.54 Å². The Morgan fingerprint density at radius 2 is 2.18 bits per heavy atom. The molecule has 1 heterocycles. The third-order valence-electron chi connectivity index (χ3n) is 2.28. The summed E-state index contributed by atoms with van der Waals surface area (Å²) in [6, 6.07) is 7.31. The lowest BCUT2D eigenvalue weighted by Crippen LogP contribution is -2.02. The number of aryl methyl sites for hydroxylation is 1. The van der Waals surface area contributed by atoms with E-state index in [2.05, 4.69) is 10.2 Å². The molecule has 0 radical (unpaired) electrons. The number of benzene rings is 1. The molecule has 0 fully saturated rings. The number of halogens is 1. The van der Waals surface area contributed by atoms with Crippen LogP contribution in [-0.4, -0.2) is 10.2 Å². The summed E-state index contributed by atoms with van der Waals surface area (Å²) in [5.74, 6) is 0.948. The molecule has 0 unspecified atom stereocenters. The van der Waals surface area contributed by atoms with E-state index in [1.54, 1.807) is 18.3 Å². The Morgan fingerprint density at radius 3 is 2.94 bits per heavy atom. The molecule has 0 atom stereocenters. The number of rotatable bonds is 3. The fourth-order valence-electron chi connectivity index (χ4n) is 1.38. The van der Waals surface area contributed by atoms with Crippen molar-refractivity contribution in [2.24, 2.45) is 5.73 Å². The lowest BCUT2D eigenvalue weighted by Gasteiger charge is -2.09. The van der Waals surface area contributed by atoms with Crippen LogP contribution in [0.1, 0.15) is 11.1 Å². The molecule has 17 heavy (non-hydrogen) atoms. The molecule has 1 aromatic heterocycles. The van der Waals surface area contributed by atoms with Crippen LogP contribution < -0.4 is 10.5 Å². The van der Waals surface area contributed by atoms with Gasteiger partial charge in [0.25, 0.3) is 0 Å². The van der Waals surface area contributed by atoms with E-state index in [1.807, 2.05) is 19.1 Å². The molecule has 0 saturated carbocycles. The van der Waals surface area contributed by atoms with Crippen molar-refractivity contribution in [3.63, 3.8) is 0 Å². The summed E-state index contributed by atoms with van der Waals surface area (Å²) >= 11 is 6.04. The zero-order chi connectivity index (χ0) is 12.3. The minimum atomic E-state index is 0.342. The molecule has 0 amide bonds. The van der Waals surface area contributed by atoms with Crippen LogP contribution in [0, 0.1) is 6.92 Å². The molecular formula is C12H12ClN3O. The molecular weight excluding hydrogens is 238 g/mol. The first-order valence-corrected chi connectivity index (χ1v) is 5.53. The van der Waals surface area contributed by atoms with Gasteiger partial charge in [-0.05, 0) is 30.7 Å². The van der Waals surface area contributed by atoms with Crippen molar-refractivity contribution in [1.82, 2.24) is 10.2 Å². The molecule has 0 spiro atoms. The number of hydrogen-bond donors (Lipinski definition) is 1. The predicted octanol–water partition coefficient (Wildman–Crippen LogP) is 2.69. The van der Waals surface area contributed by atoms with Crippen LogP contribution in [0.4, 0.5) is 0 Å². The lowest BCUT2D eigenvalue weighted by molar-refractivity contribution is 0.448. The molecule has 0 aliphatic rings. The maximum absolute atomic E-state index is 6.04. The van der Waals surface area contributed by atoms with Crippen molar-refractivity contribution in [2.45, 2.75) is 13.5 Å². The van der Waals surface area contributed by atoms with Gasteiger partial charge >= 0.3 is 0 Å². The highest BCUT2D eigenvalue weighted by Crippen LogP contribution is 2.30. The van der Waals surface area contributed by atoms with E-state index in [-0.39, 0.29) is 0 Å². The van der Waals surface area contributed by atoms with E-state index in [9.17, 15) is 0 Å². The lowest BCUT2D eigenvalue weighted by atomic mass is 10.2. The van der Waals surface area contributed by atoms with Crippen molar-refractivity contribution in [3.05, 3.63) is 46.6 Å². The number of ether oxygens (including phenoxy) is 1. The maximum Gasteiger partial charge on any atom is 0.243 e. The molecule has 88 valence electrons. The Hall–Kier alpha value is -1.65. The van der Waals surface area contributed by atoms with Crippen LogP contribution in [0.5, 0.6) is 11.6 Å². The molecule has 2 aromatic rings. The SMILES string of the molecule is Cc1ccc(Cl)c(Oc2nnccc2CN)c1. The molecule has 0 aliphatic carbocycles. The molecule has 0 aliphatic heterocycles. The second-order valence-electron chi connectivity index (χ2n) is 3.60. The number of hydrogen-bond acceptors (Lipinski definition) is 4. The summed E-state index contributed by atoms with van der Waals surface area (Å²) < 4.78 is 5.63. The van der Waals surface area contributed by atoms with Crippen molar-refractivity contribution in [2.75, 3.05) is 0 Å². The standard InChI is InChI=1S/C12H12ClN3O/c1-8-2-3-10(13)11(6-8)17-12-9(7-14)4-5-15-16-12/h2-6H,7,14H2,1H3. The van der Waals surface area contributed by atoms with E-state index in [0.29, 0.717) is 23.2 Å². The molecule has 2 N–H and O–H groups in total. The zero-order valence-corrected chi connectivity index (χ0v) is 10.1. The van der Waals surface area contributed by atoms with Gasteiger partial charge in [-0.3, -0.25) is 0 Å². The van der Waals surface area contributed by atoms with Crippen molar-refractivity contribution in [1.29, 1.82) is 0 Å². The van der Waals surface area contributed by atoms with Crippen LogP contribution in [0.15, 0.2) is 30.5 Å². The van der Waals surface area contributed by atoms with Crippen LogP contribution in [0.25, 0.3) is 0 Å². The van der Waals surface area contributed by atoms with Crippen molar-refractivity contribution < 1.29 is 4.74 Å². The van der Waals surface area contributed by atoms with Gasteiger partial charge in [-0.2, -0.15) is 5.10 Å². The summed E-state index contributed by atoms with van der Waals surface area (Å²) in [5, 5.41) is 8.20. The molecule has 0 bridgehead atoms. The van der Waals surface area contributed by atoms with Crippen molar-refractivity contribution in [3.8, 4) is 11.6 Å². The minimum Gasteiger partial charge on any atom is -0.436 e. The summed E-state index contributed by atoms with van der Waals surface area (Å²) in [6.45, 7) is 2.30. The average Bonchev–Trinajstić information content (AvgIpc) is 2.34. The van der Waals surface area contributed by atoms with Gasteiger partial charge in [-0.1, -0.05) is 17.7 Å². The highest BCUT2D eigenvalue weighted by atomic mass is 35.5. The fraction of sp³-hybridized carbons (Fsp3) is 0.167. The second kappa shape index (κ2) is 5.12. The van der Waals surface area contributed by atoms with Crippen molar-refractivity contribution >= 4 is 11.6 Å². The Kier molecular flexibility index (Phi) is 3.56. The van der Waals surface area contributed by atoms with E-state index in [1.165, 1.54) is 0 Å². The summed E-state index contributed by atoms with van der Waals surface area (Å²) in [7, 11) is 0. The Morgan fingerprint density at radius 1 is 1.35 bits per heavy atom. The van der Waals surface area contributed by atoms with Gasteiger partial charge in [0, 0.05) is 12.1 Å². The highest BCUT2D eigenvalue weighted by molar-refractivity contribution is 6.32. The van der Waals surface area contributed by atoms with Gasteiger partial charge in [0.2, 0.25) is 5.88 Å². The monoisotopic (exact) mass is 249 g/mol. The summed E-state index contributed by atoms with van der Waals surface area (Å²) in [4.78, 5) is 0. The first kappa shape index (κ1) is 11.8. The van der Waals surface area contributed by atoms with E-state index >= 15 is 0 Å². The maximum atomic E-state index is 6.04. The van der Waals surface area contributed by atoms with Crippen LogP contribution in [0.2, 0.25) is 5.02 Å². The van der Waals surface area contributed by atoms with E-state index in [0.717, 1.165) is 11.1 Å². The Balaban J connectivity index is 2.34. The molecule has 2 rings (SSSR count). The van der Waals surface area contributed by atoms with Crippen LogP contribution in [0.3, 0.4) is 0 Å². The smallest absolute Gasteiger partial charge is 0.243 e. The van der Waals surface area contributed by atoms with Gasteiger partial charge < -0.3 is 10.5 Å². The first-order chi connectivity index (χ1) is 8.20. The predicted molar refractivity (Wildman–Crippen MR) is 66.2 cm³/mol. The van der Waals surface area contributed by atoms with Gasteiger partial charge in [-0.15, -0.1) is 5.10 Å². The van der Waals surface area contributed by atoms with Gasteiger partial charge in [0.1, 0.15) is 5.75 Å². The Labute approximate surface area is 104 Å².